The molecule has 1 unspecified atom stereocenters. The molecule has 1 N–H and O–H groups in total. The van der Waals surface area contributed by atoms with Gasteiger partial charge >= 0.3 is 6.36 Å². The van der Waals surface area contributed by atoms with Crippen molar-refractivity contribution in [2.45, 2.75) is 19.4 Å². The lowest BCUT2D eigenvalue weighted by molar-refractivity contribution is -0.275. The predicted molar refractivity (Wildman–Crippen MR) is 66.2 cm³/mol. The highest BCUT2D eigenvalue weighted by Crippen LogP contribution is 2.36. The summed E-state index contributed by atoms with van der Waals surface area (Å²) < 4.78 is 40.9. The number of benzene rings is 1. The van der Waals surface area contributed by atoms with Crippen molar-refractivity contribution in [3.05, 3.63) is 51.7 Å². The van der Waals surface area contributed by atoms with Gasteiger partial charge in [-0.05, 0) is 30.0 Å². The number of halogens is 3. The van der Waals surface area contributed by atoms with Crippen molar-refractivity contribution < 1.29 is 23.0 Å². The lowest BCUT2D eigenvalue weighted by atomic mass is 10.0. The van der Waals surface area contributed by atoms with E-state index in [0.29, 0.717) is 4.88 Å². The number of alkyl halides is 3. The topological polar surface area (TPSA) is 29.5 Å². The summed E-state index contributed by atoms with van der Waals surface area (Å²) in [6.07, 6.45) is -5.90. The number of aliphatic hydroxyl groups excluding tert-OH is 1. The molecule has 6 heteroatoms. The third-order valence-corrected chi connectivity index (χ3v) is 3.66. The van der Waals surface area contributed by atoms with Crippen LogP contribution in [0.25, 0.3) is 0 Å². The van der Waals surface area contributed by atoms with E-state index in [1.54, 1.807) is 24.4 Å². The van der Waals surface area contributed by atoms with Crippen LogP contribution in [0.4, 0.5) is 13.2 Å². The quantitative estimate of drug-likeness (QED) is 0.923. The lowest BCUT2D eigenvalue weighted by Crippen LogP contribution is -2.18. The van der Waals surface area contributed by atoms with Crippen molar-refractivity contribution in [3.63, 3.8) is 0 Å². The lowest BCUT2D eigenvalue weighted by Gasteiger charge is -2.17. The Kier molecular flexibility index (Phi) is 3.82. The smallest absolute Gasteiger partial charge is 0.405 e. The second-order valence-corrected chi connectivity index (χ2v) is 4.90. The van der Waals surface area contributed by atoms with Crippen LogP contribution >= 0.6 is 11.3 Å². The minimum Gasteiger partial charge on any atom is -0.405 e. The van der Waals surface area contributed by atoms with Gasteiger partial charge in [-0.25, -0.2) is 0 Å². The molecule has 1 atom stereocenters. The van der Waals surface area contributed by atoms with E-state index in [9.17, 15) is 18.3 Å². The first-order chi connectivity index (χ1) is 8.88. The normalized spacial score (nSPS) is 13.3. The number of hydrogen-bond donors (Lipinski definition) is 1. The molecule has 0 amide bonds. The standard InChI is InChI=1S/C13H11F3O2S/c1-8-6-7-19-12(8)11(17)9-4-2-3-5-10(9)18-13(14,15)16/h2-7,11,17H,1H3. The Labute approximate surface area is 112 Å². The summed E-state index contributed by atoms with van der Waals surface area (Å²) in [5, 5.41) is 12.0. The number of rotatable bonds is 3. The Balaban J connectivity index is 2.37. The van der Waals surface area contributed by atoms with Crippen LogP contribution in [0.3, 0.4) is 0 Å². The number of aliphatic hydroxyl groups is 1. The molecule has 0 fully saturated rings. The van der Waals surface area contributed by atoms with Crippen LogP contribution in [0.2, 0.25) is 0 Å². The van der Waals surface area contributed by atoms with Crippen LogP contribution in [0, 0.1) is 6.92 Å². The average Bonchev–Trinajstić information content (AvgIpc) is 2.73. The zero-order valence-corrected chi connectivity index (χ0v) is 10.8. The zero-order valence-electron chi connectivity index (χ0n) is 9.94. The molecule has 102 valence electrons. The molecule has 0 saturated carbocycles. The van der Waals surface area contributed by atoms with E-state index in [-0.39, 0.29) is 11.3 Å². The Morgan fingerprint density at radius 3 is 2.47 bits per heavy atom. The molecule has 1 aromatic carbocycles. The molecule has 2 nitrogen and oxygen atoms in total. The molecule has 0 saturated heterocycles. The molecule has 0 aliphatic rings. The van der Waals surface area contributed by atoms with Gasteiger partial charge in [-0.15, -0.1) is 24.5 Å². The van der Waals surface area contributed by atoms with Crippen LogP contribution in [-0.4, -0.2) is 11.5 Å². The third-order valence-electron chi connectivity index (χ3n) is 2.59. The van der Waals surface area contributed by atoms with Crippen LogP contribution in [0.1, 0.15) is 22.1 Å². The van der Waals surface area contributed by atoms with Crippen LogP contribution in [0.15, 0.2) is 35.7 Å². The number of aryl methyl sites for hydroxylation is 1. The molecular weight excluding hydrogens is 277 g/mol. The van der Waals surface area contributed by atoms with Gasteiger partial charge in [0.2, 0.25) is 0 Å². The monoisotopic (exact) mass is 288 g/mol. The summed E-state index contributed by atoms with van der Waals surface area (Å²) in [5.41, 5.74) is 0.935. The Morgan fingerprint density at radius 2 is 1.89 bits per heavy atom. The van der Waals surface area contributed by atoms with Gasteiger partial charge in [0.25, 0.3) is 0 Å². The molecule has 2 aromatic rings. The highest BCUT2D eigenvalue weighted by Gasteiger charge is 2.33. The Morgan fingerprint density at radius 1 is 1.21 bits per heavy atom. The van der Waals surface area contributed by atoms with E-state index in [1.807, 2.05) is 0 Å². The molecule has 1 aromatic heterocycles. The van der Waals surface area contributed by atoms with Crippen LogP contribution in [-0.2, 0) is 0 Å². The van der Waals surface area contributed by atoms with E-state index < -0.39 is 12.5 Å². The van der Waals surface area contributed by atoms with E-state index in [2.05, 4.69) is 4.74 Å². The van der Waals surface area contributed by atoms with Crippen molar-refractivity contribution >= 4 is 11.3 Å². The van der Waals surface area contributed by atoms with Gasteiger partial charge in [0, 0.05) is 10.4 Å². The summed E-state index contributed by atoms with van der Waals surface area (Å²) >= 11 is 1.29. The fourth-order valence-electron chi connectivity index (χ4n) is 1.73. The first kappa shape index (κ1) is 13.9. The first-order valence-electron chi connectivity index (χ1n) is 5.45. The van der Waals surface area contributed by atoms with E-state index in [1.165, 1.54) is 29.5 Å². The first-order valence-corrected chi connectivity index (χ1v) is 6.33. The van der Waals surface area contributed by atoms with E-state index >= 15 is 0 Å². The second kappa shape index (κ2) is 5.22. The number of hydrogen-bond acceptors (Lipinski definition) is 3. The SMILES string of the molecule is Cc1ccsc1C(O)c1ccccc1OC(F)(F)F. The molecule has 0 aliphatic carbocycles. The van der Waals surface area contributed by atoms with Gasteiger partial charge in [0.15, 0.2) is 0 Å². The summed E-state index contributed by atoms with van der Waals surface area (Å²) in [5.74, 6) is -0.379. The molecule has 0 aliphatic heterocycles. The van der Waals surface area contributed by atoms with Gasteiger partial charge in [-0.1, -0.05) is 18.2 Å². The minimum atomic E-state index is -4.78. The van der Waals surface area contributed by atoms with Crippen molar-refractivity contribution in [2.24, 2.45) is 0 Å². The van der Waals surface area contributed by atoms with E-state index in [4.69, 9.17) is 0 Å². The largest absolute Gasteiger partial charge is 0.573 e. The third kappa shape index (κ3) is 3.27. The molecule has 0 radical (unpaired) electrons. The van der Waals surface area contributed by atoms with Crippen LogP contribution < -0.4 is 4.74 Å². The average molecular weight is 288 g/mol. The number of thiophene rings is 1. The van der Waals surface area contributed by atoms with Gasteiger partial charge in [0.05, 0.1) is 0 Å². The van der Waals surface area contributed by atoms with Crippen molar-refractivity contribution in [3.8, 4) is 5.75 Å². The highest BCUT2D eigenvalue weighted by atomic mass is 32.1. The number of para-hydroxylation sites is 1. The molecule has 2 rings (SSSR count). The maximum atomic E-state index is 12.3. The van der Waals surface area contributed by atoms with Crippen LogP contribution in [0.5, 0.6) is 5.75 Å². The predicted octanol–water partition coefficient (Wildman–Crippen LogP) is 4.04. The molecule has 19 heavy (non-hydrogen) atoms. The molecule has 0 spiro atoms. The van der Waals surface area contributed by atoms with Crippen molar-refractivity contribution in [2.75, 3.05) is 0 Å². The number of ether oxygens (including phenoxy) is 1. The second-order valence-electron chi connectivity index (χ2n) is 3.96. The van der Waals surface area contributed by atoms with Gasteiger partial charge in [-0.3, -0.25) is 0 Å². The van der Waals surface area contributed by atoms with Crippen molar-refractivity contribution in [1.82, 2.24) is 0 Å². The fraction of sp³-hybridized carbons (Fsp3) is 0.231. The minimum absolute atomic E-state index is 0.102. The van der Waals surface area contributed by atoms with Gasteiger partial charge < -0.3 is 9.84 Å². The highest BCUT2D eigenvalue weighted by molar-refractivity contribution is 7.10. The maximum Gasteiger partial charge on any atom is 0.573 e. The van der Waals surface area contributed by atoms with E-state index in [0.717, 1.165) is 5.56 Å². The maximum absolute atomic E-state index is 12.3. The summed E-state index contributed by atoms with van der Waals surface area (Å²) in [4.78, 5) is 0.609. The summed E-state index contributed by atoms with van der Waals surface area (Å²) in [7, 11) is 0. The van der Waals surface area contributed by atoms with Crippen molar-refractivity contribution in [1.29, 1.82) is 0 Å². The zero-order chi connectivity index (χ0) is 14.0. The Hall–Kier alpha value is -1.53. The Bertz CT molecular complexity index is 563. The van der Waals surface area contributed by atoms with Gasteiger partial charge in [0.1, 0.15) is 11.9 Å². The molecule has 0 bridgehead atoms. The fourth-order valence-corrected chi connectivity index (χ4v) is 2.66. The molecule has 1 heterocycles. The summed E-state index contributed by atoms with van der Waals surface area (Å²) in [6, 6.07) is 7.40. The molecular formula is C13H11F3O2S. The summed E-state index contributed by atoms with van der Waals surface area (Å²) in [6.45, 7) is 1.79. The van der Waals surface area contributed by atoms with Gasteiger partial charge in [-0.2, -0.15) is 0 Å².